The van der Waals surface area contributed by atoms with E-state index in [1.807, 2.05) is 0 Å². The van der Waals surface area contributed by atoms with Crippen molar-refractivity contribution in [2.45, 2.75) is 33.1 Å². The number of nitrogens with one attached hydrogen (secondary N) is 1. The molecule has 1 fully saturated rings. The molecule has 0 atom stereocenters. The van der Waals surface area contributed by atoms with Gasteiger partial charge in [0.05, 0.1) is 4.99 Å². The van der Waals surface area contributed by atoms with Gasteiger partial charge >= 0.3 is 0 Å². The quantitative estimate of drug-likeness (QED) is 0.692. The molecule has 0 saturated carbocycles. The zero-order valence-corrected chi connectivity index (χ0v) is 13.5. The van der Waals surface area contributed by atoms with Crippen molar-refractivity contribution in [3.8, 4) is 0 Å². The topological polar surface area (TPSA) is 73.6 Å². The number of nitrogens with two attached hydrogens (primary N) is 1. The Bertz CT molecular complexity index is 352. The lowest BCUT2D eigenvalue weighted by Crippen LogP contribution is -2.53. The Labute approximate surface area is 126 Å². The normalized spacial score (nSPS) is 18.6. The number of hydrogen-bond donors (Lipinski definition) is 2. The average molecular weight is 302 g/mol. The second-order valence-corrected chi connectivity index (χ2v) is 6.59. The van der Waals surface area contributed by atoms with E-state index in [2.05, 4.69) is 19.2 Å². The van der Waals surface area contributed by atoms with E-state index in [0.29, 0.717) is 39.2 Å². The van der Waals surface area contributed by atoms with Gasteiger partial charge < -0.3 is 20.5 Å². The lowest BCUT2D eigenvalue weighted by molar-refractivity contribution is -0.131. The Balaban J connectivity index is 2.61. The summed E-state index contributed by atoms with van der Waals surface area (Å²) in [5.41, 5.74) is 5.05. The van der Waals surface area contributed by atoms with E-state index in [0.717, 1.165) is 6.42 Å². The molecule has 1 aliphatic heterocycles. The predicted molar refractivity (Wildman–Crippen MR) is 82.6 cm³/mol. The van der Waals surface area contributed by atoms with Crippen LogP contribution >= 0.6 is 12.2 Å². The minimum Gasteiger partial charge on any atom is -0.392 e. The third-order valence-corrected chi connectivity index (χ3v) is 4.35. The first-order valence-electron chi connectivity index (χ1n) is 6.99. The Hall–Kier alpha value is -0.720. The van der Waals surface area contributed by atoms with Crippen molar-refractivity contribution in [1.29, 1.82) is 0 Å². The smallest absolute Gasteiger partial charge is 0.233 e. The minimum atomic E-state index is -0.745. The van der Waals surface area contributed by atoms with Gasteiger partial charge in [-0.15, -0.1) is 0 Å². The van der Waals surface area contributed by atoms with Crippen LogP contribution in [0.4, 0.5) is 0 Å². The van der Waals surface area contributed by atoms with Crippen LogP contribution in [-0.2, 0) is 14.3 Å². The molecule has 0 aromatic rings. The Morgan fingerprint density at radius 3 is 2.55 bits per heavy atom. The van der Waals surface area contributed by atoms with E-state index >= 15 is 0 Å². The van der Waals surface area contributed by atoms with Crippen LogP contribution in [0.3, 0.4) is 0 Å². The number of methoxy groups -OCH3 is 1. The standard InChI is InChI=1S/C14H26N2O3S/c1-13(2,4-7-18-3)10-16-12(17)14(11(15)20)5-8-19-9-6-14/h4-10H2,1-3H3,(H2,15,20)(H,16,17). The van der Waals surface area contributed by atoms with Gasteiger partial charge in [0, 0.05) is 33.5 Å². The van der Waals surface area contributed by atoms with E-state index in [4.69, 9.17) is 27.4 Å². The van der Waals surface area contributed by atoms with Gasteiger partial charge in [-0.3, -0.25) is 4.79 Å². The first kappa shape index (κ1) is 17.3. The monoisotopic (exact) mass is 302 g/mol. The molecule has 1 amide bonds. The molecule has 0 spiro atoms. The second kappa shape index (κ2) is 7.33. The Morgan fingerprint density at radius 2 is 2.05 bits per heavy atom. The minimum absolute atomic E-state index is 0.0196. The molecule has 1 heterocycles. The van der Waals surface area contributed by atoms with Crippen molar-refractivity contribution in [1.82, 2.24) is 5.32 Å². The van der Waals surface area contributed by atoms with Gasteiger partial charge in [0.25, 0.3) is 0 Å². The van der Waals surface area contributed by atoms with Crippen LogP contribution < -0.4 is 11.1 Å². The summed E-state index contributed by atoms with van der Waals surface area (Å²) in [6.07, 6.45) is 2.01. The van der Waals surface area contributed by atoms with E-state index in [1.54, 1.807) is 7.11 Å². The molecule has 0 aromatic carbocycles. The first-order valence-corrected chi connectivity index (χ1v) is 7.40. The molecule has 0 bridgehead atoms. The molecule has 116 valence electrons. The number of amides is 1. The summed E-state index contributed by atoms with van der Waals surface area (Å²) < 4.78 is 10.4. The van der Waals surface area contributed by atoms with Gasteiger partial charge in [-0.05, 0) is 24.7 Å². The van der Waals surface area contributed by atoms with Crippen molar-refractivity contribution in [3.05, 3.63) is 0 Å². The van der Waals surface area contributed by atoms with Crippen LogP contribution in [0.15, 0.2) is 0 Å². The highest BCUT2D eigenvalue weighted by Gasteiger charge is 2.43. The highest BCUT2D eigenvalue weighted by molar-refractivity contribution is 7.80. The summed E-state index contributed by atoms with van der Waals surface area (Å²) in [7, 11) is 1.68. The molecule has 1 saturated heterocycles. The largest absolute Gasteiger partial charge is 0.392 e. The zero-order chi connectivity index (χ0) is 15.2. The van der Waals surface area contributed by atoms with E-state index < -0.39 is 5.41 Å². The summed E-state index contributed by atoms with van der Waals surface area (Å²) in [4.78, 5) is 12.8. The van der Waals surface area contributed by atoms with Gasteiger partial charge in [-0.1, -0.05) is 26.1 Å². The maximum atomic E-state index is 12.5. The summed E-state index contributed by atoms with van der Waals surface area (Å²) >= 11 is 5.12. The maximum Gasteiger partial charge on any atom is 0.233 e. The van der Waals surface area contributed by atoms with Crippen molar-refractivity contribution in [2.24, 2.45) is 16.6 Å². The van der Waals surface area contributed by atoms with Gasteiger partial charge in [-0.25, -0.2) is 0 Å². The highest BCUT2D eigenvalue weighted by atomic mass is 32.1. The number of rotatable bonds is 7. The summed E-state index contributed by atoms with van der Waals surface area (Å²) in [5.74, 6) is -0.0706. The van der Waals surface area contributed by atoms with Crippen LogP contribution in [0, 0.1) is 10.8 Å². The molecule has 0 aliphatic carbocycles. The van der Waals surface area contributed by atoms with E-state index in [1.165, 1.54) is 0 Å². The molecule has 20 heavy (non-hydrogen) atoms. The number of thiocarbonyl (C=S) groups is 1. The first-order chi connectivity index (χ1) is 9.34. The lowest BCUT2D eigenvalue weighted by Gasteiger charge is -2.36. The van der Waals surface area contributed by atoms with Gasteiger partial charge in [-0.2, -0.15) is 0 Å². The second-order valence-electron chi connectivity index (χ2n) is 6.15. The van der Waals surface area contributed by atoms with E-state index in [-0.39, 0.29) is 16.3 Å². The maximum absolute atomic E-state index is 12.5. The number of hydrogen-bond acceptors (Lipinski definition) is 4. The van der Waals surface area contributed by atoms with Crippen LogP contribution in [0.25, 0.3) is 0 Å². The number of carbonyl (C=O) groups is 1. The van der Waals surface area contributed by atoms with Crippen LogP contribution in [0.1, 0.15) is 33.1 Å². The molecule has 6 heteroatoms. The molecule has 1 aliphatic rings. The SMILES string of the molecule is COCCC(C)(C)CNC(=O)C1(C(N)=S)CCOCC1. The molecule has 5 nitrogen and oxygen atoms in total. The molecular formula is C14H26N2O3S. The lowest BCUT2D eigenvalue weighted by atomic mass is 9.78. The van der Waals surface area contributed by atoms with Gasteiger partial charge in [0.15, 0.2) is 0 Å². The zero-order valence-electron chi connectivity index (χ0n) is 12.7. The van der Waals surface area contributed by atoms with Crippen LogP contribution in [-0.4, -0.2) is 44.4 Å². The highest BCUT2D eigenvalue weighted by Crippen LogP contribution is 2.31. The van der Waals surface area contributed by atoms with Gasteiger partial charge in [0.2, 0.25) is 5.91 Å². The fraction of sp³-hybridized carbons (Fsp3) is 0.857. The molecule has 0 unspecified atom stereocenters. The molecule has 0 radical (unpaired) electrons. The number of carbonyl (C=O) groups excluding carboxylic acids is 1. The van der Waals surface area contributed by atoms with Crippen LogP contribution in [0.2, 0.25) is 0 Å². The summed E-state index contributed by atoms with van der Waals surface area (Å²) in [5, 5.41) is 3.01. The summed E-state index contributed by atoms with van der Waals surface area (Å²) in [6, 6.07) is 0. The predicted octanol–water partition coefficient (Wildman–Crippen LogP) is 1.25. The molecule has 3 N–H and O–H groups in total. The summed E-state index contributed by atoms with van der Waals surface area (Å²) in [6.45, 7) is 6.51. The average Bonchev–Trinajstić information content (AvgIpc) is 2.43. The fourth-order valence-corrected chi connectivity index (χ4v) is 2.56. The van der Waals surface area contributed by atoms with Crippen molar-refractivity contribution in [2.75, 3.05) is 33.5 Å². The van der Waals surface area contributed by atoms with Gasteiger partial charge in [0.1, 0.15) is 5.41 Å². The van der Waals surface area contributed by atoms with E-state index in [9.17, 15) is 4.79 Å². The van der Waals surface area contributed by atoms with Crippen molar-refractivity contribution in [3.63, 3.8) is 0 Å². The van der Waals surface area contributed by atoms with Crippen molar-refractivity contribution >= 4 is 23.1 Å². The Kier molecular flexibility index (Phi) is 6.36. The van der Waals surface area contributed by atoms with Crippen LogP contribution in [0.5, 0.6) is 0 Å². The number of ether oxygens (including phenoxy) is 2. The Morgan fingerprint density at radius 1 is 1.45 bits per heavy atom. The fourth-order valence-electron chi connectivity index (χ4n) is 2.26. The molecule has 0 aromatic heterocycles. The third-order valence-electron chi connectivity index (χ3n) is 3.96. The molecule has 1 rings (SSSR count). The molecular weight excluding hydrogens is 276 g/mol. The third kappa shape index (κ3) is 4.40. The van der Waals surface area contributed by atoms with Crippen molar-refractivity contribution < 1.29 is 14.3 Å².